The minimum absolute atomic E-state index is 0.0934. The van der Waals surface area contributed by atoms with Crippen molar-refractivity contribution in [3.8, 4) is 11.3 Å². The summed E-state index contributed by atoms with van der Waals surface area (Å²) in [6.07, 6.45) is 2.30. The highest BCUT2D eigenvalue weighted by atomic mass is 16.3. The molecule has 78 valence electrons. The van der Waals surface area contributed by atoms with Crippen LogP contribution in [0, 0.1) is 0 Å². The Hall–Kier alpha value is -1.61. The molecule has 3 nitrogen and oxygen atoms in total. The van der Waals surface area contributed by atoms with Crippen LogP contribution in [0.25, 0.3) is 11.3 Å². The predicted molar refractivity (Wildman–Crippen MR) is 57.2 cm³/mol. The summed E-state index contributed by atoms with van der Waals surface area (Å²) in [6, 6.07) is 7.99. The first-order valence-corrected chi connectivity index (χ1v) is 4.98. The second-order valence-corrected chi connectivity index (χ2v) is 3.30. The summed E-state index contributed by atoms with van der Waals surface area (Å²) in [5, 5.41) is 9.11. The van der Waals surface area contributed by atoms with Crippen LogP contribution in [0.5, 0.6) is 0 Å². The maximum atomic E-state index is 9.11. The number of benzene rings is 1. The van der Waals surface area contributed by atoms with Crippen LogP contribution >= 0.6 is 0 Å². The van der Waals surface area contributed by atoms with E-state index in [2.05, 4.69) is 18.0 Å². The van der Waals surface area contributed by atoms with Crippen LogP contribution in [0.2, 0.25) is 0 Å². The molecule has 0 amide bonds. The van der Waals surface area contributed by atoms with E-state index in [1.165, 1.54) is 12.0 Å². The number of aliphatic hydroxyl groups excluding tert-OH is 1. The predicted octanol–water partition coefficient (Wildman–Crippen LogP) is 2.40. The standard InChI is InChI=1S/C12H13NO2/c1-2-9-5-3-4-6-10(9)12-11(7-14)13-8-15-12/h3-6,8,14H,2,7H2,1H3. The fourth-order valence-electron chi connectivity index (χ4n) is 1.65. The van der Waals surface area contributed by atoms with Gasteiger partial charge in [-0.2, -0.15) is 0 Å². The molecule has 0 unspecified atom stereocenters. The van der Waals surface area contributed by atoms with Gasteiger partial charge in [0.2, 0.25) is 0 Å². The van der Waals surface area contributed by atoms with Crippen LogP contribution in [0.4, 0.5) is 0 Å². The average Bonchev–Trinajstić information content (AvgIpc) is 2.76. The second kappa shape index (κ2) is 4.28. The van der Waals surface area contributed by atoms with Crippen molar-refractivity contribution in [1.29, 1.82) is 0 Å². The van der Waals surface area contributed by atoms with Gasteiger partial charge in [0.1, 0.15) is 5.69 Å². The highest BCUT2D eigenvalue weighted by Gasteiger charge is 2.12. The lowest BCUT2D eigenvalue weighted by Crippen LogP contribution is -1.90. The first kappa shape index (κ1) is 9.93. The number of aromatic nitrogens is 1. The summed E-state index contributed by atoms with van der Waals surface area (Å²) in [5.41, 5.74) is 2.81. The Labute approximate surface area is 88.4 Å². The Kier molecular flexibility index (Phi) is 2.83. The molecule has 2 aromatic rings. The number of hydrogen-bond acceptors (Lipinski definition) is 3. The molecule has 0 atom stereocenters. The van der Waals surface area contributed by atoms with Gasteiger partial charge in [-0.3, -0.25) is 0 Å². The van der Waals surface area contributed by atoms with Crippen LogP contribution in [0.3, 0.4) is 0 Å². The molecule has 0 bridgehead atoms. The van der Waals surface area contributed by atoms with E-state index in [4.69, 9.17) is 9.52 Å². The van der Waals surface area contributed by atoms with Crippen molar-refractivity contribution in [2.24, 2.45) is 0 Å². The molecular formula is C12H13NO2. The number of aryl methyl sites for hydroxylation is 1. The number of oxazole rings is 1. The van der Waals surface area contributed by atoms with E-state index < -0.39 is 0 Å². The molecule has 0 saturated heterocycles. The lowest BCUT2D eigenvalue weighted by molar-refractivity contribution is 0.277. The molecule has 3 heteroatoms. The zero-order valence-corrected chi connectivity index (χ0v) is 8.60. The van der Waals surface area contributed by atoms with Crippen molar-refractivity contribution in [3.05, 3.63) is 41.9 Å². The van der Waals surface area contributed by atoms with Crippen molar-refractivity contribution < 1.29 is 9.52 Å². The van der Waals surface area contributed by atoms with Gasteiger partial charge in [-0.25, -0.2) is 4.98 Å². The van der Waals surface area contributed by atoms with Gasteiger partial charge in [-0.1, -0.05) is 31.2 Å². The minimum Gasteiger partial charge on any atom is -0.443 e. The van der Waals surface area contributed by atoms with Gasteiger partial charge >= 0.3 is 0 Å². The number of rotatable bonds is 3. The van der Waals surface area contributed by atoms with Gasteiger partial charge in [-0.15, -0.1) is 0 Å². The van der Waals surface area contributed by atoms with E-state index in [0.717, 1.165) is 12.0 Å². The molecule has 0 aliphatic carbocycles. The molecule has 15 heavy (non-hydrogen) atoms. The smallest absolute Gasteiger partial charge is 0.181 e. The van der Waals surface area contributed by atoms with Crippen molar-refractivity contribution in [3.63, 3.8) is 0 Å². The fraction of sp³-hybridized carbons (Fsp3) is 0.250. The molecule has 0 spiro atoms. The second-order valence-electron chi connectivity index (χ2n) is 3.30. The SMILES string of the molecule is CCc1ccccc1-c1ocnc1CO. The van der Waals surface area contributed by atoms with E-state index in [0.29, 0.717) is 11.5 Å². The molecule has 0 fully saturated rings. The van der Waals surface area contributed by atoms with Gasteiger partial charge in [-0.05, 0) is 12.0 Å². The third-order valence-electron chi connectivity index (χ3n) is 2.43. The Morgan fingerprint density at radius 1 is 1.33 bits per heavy atom. The third-order valence-corrected chi connectivity index (χ3v) is 2.43. The fourth-order valence-corrected chi connectivity index (χ4v) is 1.65. The molecule has 1 heterocycles. The third kappa shape index (κ3) is 1.78. The van der Waals surface area contributed by atoms with Crippen molar-refractivity contribution in [2.75, 3.05) is 0 Å². The summed E-state index contributed by atoms with van der Waals surface area (Å²) in [4.78, 5) is 3.97. The zero-order chi connectivity index (χ0) is 10.7. The Morgan fingerprint density at radius 3 is 2.87 bits per heavy atom. The van der Waals surface area contributed by atoms with Gasteiger partial charge in [0.15, 0.2) is 12.2 Å². The van der Waals surface area contributed by atoms with E-state index in [-0.39, 0.29) is 6.61 Å². The lowest BCUT2D eigenvalue weighted by Gasteiger charge is -2.05. The molecular weight excluding hydrogens is 190 g/mol. The molecule has 0 aliphatic rings. The van der Waals surface area contributed by atoms with Gasteiger partial charge in [0.05, 0.1) is 6.61 Å². The molecule has 2 rings (SSSR count). The maximum Gasteiger partial charge on any atom is 0.181 e. The molecule has 0 radical (unpaired) electrons. The Balaban J connectivity index is 2.53. The number of hydrogen-bond donors (Lipinski definition) is 1. The van der Waals surface area contributed by atoms with Crippen LogP contribution in [-0.4, -0.2) is 10.1 Å². The molecule has 0 aliphatic heterocycles. The summed E-state index contributed by atoms with van der Waals surface area (Å²) in [7, 11) is 0. The van der Waals surface area contributed by atoms with Crippen LogP contribution in [-0.2, 0) is 13.0 Å². The van der Waals surface area contributed by atoms with Crippen molar-refractivity contribution in [1.82, 2.24) is 4.98 Å². The summed E-state index contributed by atoms with van der Waals surface area (Å²) >= 11 is 0. The van der Waals surface area contributed by atoms with Gasteiger partial charge in [0.25, 0.3) is 0 Å². The molecule has 1 aromatic carbocycles. The summed E-state index contributed by atoms with van der Waals surface area (Å²) in [6.45, 7) is 2.00. The minimum atomic E-state index is -0.0934. The van der Waals surface area contributed by atoms with E-state index in [1.807, 2.05) is 18.2 Å². The molecule has 1 aromatic heterocycles. The molecule has 0 saturated carbocycles. The quantitative estimate of drug-likeness (QED) is 0.833. The van der Waals surface area contributed by atoms with Crippen LogP contribution < -0.4 is 0 Å². The number of nitrogens with zero attached hydrogens (tertiary/aromatic N) is 1. The van der Waals surface area contributed by atoms with Crippen LogP contribution in [0.1, 0.15) is 18.2 Å². The monoisotopic (exact) mass is 203 g/mol. The van der Waals surface area contributed by atoms with Gasteiger partial charge < -0.3 is 9.52 Å². The van der Waals surface area contributed by atoms with Crippen molar-refractivity contribution >= 4 is 0 Å². The highest BCUT2D eigenvalue weighted by molar-refractivity contribution is 5.63. The Morgan fingerprint density at radius 2 is 2.13 bits per heavy atom. The average molecular weight is 203 g/mol. The Bertz CT molecular complexity index is 448. The maximum absolute atomic E-state index is 9.11. The highest BCUT2D eigenvalue weighted by Crippen LogP contribution is 2.26. The lowest BCUT2D eigenvalue weighted by atomic mass is 10.0. The topological polar surface area (TPSA) is 46.3 Å². The van der Waals surface area contributed by atoms with Gasteiger partial charge in [0, 0.05) is 5.56 Å². The first-order valence-electron chi connectivity index (χ1n) is 4.98. The van der Waals surface area contributed by atoms with E-state index >= 15 is 0 Å². The summed E-state index contributed by atoms with van der Waals surface area (Å²) < 4.78 is 5.31. The summed E-state index contributed by atoms with van der Waals surface area (Å²) in [5.74, 6) is 0.676. The van der Waals surface area contributed by atoms with Crippen molar-refractivity contribution in [2.45, 2.75) is 20.0 Å². The van der Waals surface area contributed by atoms with Crippen LogP contribution in [0.15, 0.2) is 35.1 Å². The molecule has 1 N–H and O–H groups in total. The zero-order valence-electron chi connectivity index (χ0n) is 8.60. The largest absolute Gasteiger partial charge is 0.443 e. The van der Waals surface area contributed by atoms with E-state index in [1.54, 1.807) is 0 Å². The van der Waals surface area contributed by atoms with E-state index in [9.17, 15) is 0 Å². The number of aliphatic hydroxyl groups is 1. The first-order chi connectivity index (χ1) is 7.36. The normalized spacial score (nSPS) is 10.5.